The molecular weight excluding hydrogens is 206 g/mol. The van der Waals surface area contributed by atoms with E-state index in [4.69, 9.17) is 5.41 Å². The third-order valence-electron chi connectivity index (χ3n) is 3.39. The van der Waals surface area contributed by atoms with Gasteiger partial charge in [-0.2, -0.15) is 0 Å². The van der Waals surface area contributed by atoms with Crippen LogP contribution in [0.5, 0.6) is 0 Å². The van der Waals surface area contributed by atoms with Gasteiger partial charge in [-0.05, 0) is 38.2 Å². The first-order chi connectivity index (χ1) is 8.15. The van der Waals surface area contributed by atoms with E-state index in [9.17, 15) is 0 Å². The van der Waals surface area contributed by atoms with Crippen LogP contribution >= 0.6 is 0 Å². The molecule has 1 atom stereocenters. The number of hydrogen-bond donors (Lipinski definition) is 1. The molecule has 0 saturated heterocycles. The van der Waals surface area contributed by atoms with Crippen molar-refractivity contribution in [1.29, 1.82) is 5.41 Å². The predicted molar refractivity (Wildman–Crippen MR) is 78.8 cm³/mol. The molecule has 0 aromatic rings. The Hall–Kier alpha value is -0.850. The first-order valence-electron chi connectivity index (χ1n) is 6.96. The second-order valence-electron chi connectivity index (χ2n) is 4.96. The zero-order valence-corrected chi connectivity index (χ0v) is 11.9. The molecule has 0 bridgehead atoms. The Balaban J connectivity index is 3.99. The van der Waals surface area contributed by atoms with Crippen LogP contribution < -0.4 is 0 Å². The Bertz CT molecular complexity index is 250. The largest absolute Gasteiger partial charge is 0.308 e. The second-order valence-corrected chi connectivity index (χ2v) is 4.96. The number of rotatable bonds is 10. The highest BCUT2D eigenvalue weighted by Crippen LogP contribution is 2.24. The monoisotopic (exact) mass is 235 g/mol. The highest BCUT2D eigenvalue weighted by molar-refractivity contribution is 5.75. The van der Waals surface area contributed by atoms with Crippen LogP contribution in [0.4, 0.5) is 0 Å². The van der Waals surface area contributed by atoms with Crippen molar-refractivity contribution in [3.63, 3.8) is 0 Å². The van der Waals surface area contributed by atoms with Crippen LogP contribution in [-0.2, 0) is 0 Å². The van der Waals surface area contributed by atoms with Gasteiger partial charge in [0.2, 0.25) is 0 Å². The lowest BCUT2D eigenvalue weighted by Gasteiger charge is -2.17. The van der Waals surface area contributed by atoms with E-state index in [2.05, 4.69) is 20.4 Å². The first kappa shape index (κ1) is 16.1. The molecule has 1 heteroatoms. The number of hydrogen-bond acceptors (Lipinski definition) is 1. The van der Waals surface area contributed by atoms with Gasteiger partial charge < -0.3 is 5.41 Å². The lowest BCUT2D eigenvalue weighted by atomic mass is 9.88. The smallest absolute Gasteiger partial charge is 0.0206 e. The molecule has 0 aromatic heterocycles. The number of allylic oxidation sites excluding steroid dienone is 3. The highest BCUT2D eigenvalue weighted by Gasteiger charge is 2.10. The minimum absolute atomic E-state index is 0.560. The lowest BCUT2D eigenvalue weighted by Crippen LogP contribution is -2.04. The highest BCUT2D eigenvalue weighted by atomic mass is 14.3. The summed E-state index contributed by atoms with van der Waals surface area (Å²) in [5, 5.41) is 7.34. The molecule has 0 saturated carbocycles. The third-order valence-corrected chi connectivity index (χ3v) is 3.39. The molecule has 0 fully saturated rings. The van der Waals surface area contributed by atoms with E-state index in [1.807, 2.05) is 13.0 Å². The standard InChI is InChI=1S/C16H29N/c1-5-7-8-9-10-11-16(14(3)4)12-15(6-2)13-17/h6,13,16-17H,3,5,7-12H2,1-2,4H3/b15-6-,17-13?. The van der Waals surface area contributed by atoms with E-state index in [1.165, 1.54) is 50.3 Å². The van der Waals surface area contributed by atoms with Crippen LogP contribution in [0.3, 0.4) is 0 Å². The topological polar surface area (TPSA) is 23.9 Å². The lowest BCUT2D eigenvalue weighted by molar-refractivity contribution is 0.506. The van der Waals surface area contributed by atoms with E-state index in [-0.39, 0.29) is 0 Å². The minimum atomic E-state index is 0.560. The summed E-state index contributed by atoms with van der Waals surface area (Å²) in [4.78, 5) is 0. The minimum Gasteiger partial charge on any atom is -0.308 e. The van der Waals surface area contributed by atoms with Crippen LogP contribution in [0.2, 0.25) is 0 Å². The van der Waals surface area contributed by atoms with Crippen molar-refractivity contribution < 1.29 is 0 Å². The van der Waals surface area contributed by atoms with Gasteiger partial charge in [0.15, 0.2) is 0 Å². The summed E-state index contributed by atoms with van der Waals surface area (Å²) in [6.45, 7) is 10.5. The summed E-state index contributed by atoms with van der Waals surface area (Å²) in [5.74, 6) is 0.560. The Morgan fingerprint density at radius 2 is 1.88 bits per heavy atom. The normalized spacial score (nSPS) is 13.5. The van der Waals surface area contributed by atoms with Crippen LogP contribution in [0.15, 0.2) is 23.8 Å². The fourth-order valence-corrected chi connectivity index (χ4v) is 2.06. The van der Waals surface area contributed by atoms with Crippen LogP contribution in [0.25, 0.3) is 0 Å². The van der Waals surface area contributed by atoms with E-state index >= 15 is 0 Å². The number of nitrogens with one attached hydrogen (secondary N) is 1. The summed E-state index contributed by atoms with van der Waals surface area (Å²) >= 11 is 0. The van der Waals surface area contributed by atoms with Crippen LogP contribution in [0, 0.1) is 11.3 Å². The average molecular weight is 235 g/mol. The van der Waals surface area contributed by atoms with Crippen molar-refractivity contribution in [3.8, 4) is 0 Å². The van der Waals surface area contributed by atoms with Crippen molar-refractivity contribution in [2.24, 2.45) is 5.92 Å². The molecule has 1 nitrogen and oxygen atoms in total. The van der Waals surface area contributed by atoms with Crippen LogP contribution in [-0.4, -0.2) is 6.21 Å². The Morgan fingerprint density at radius 1 is 1.24 bits per heavy atom. The van der Waals surface area contributed by atoms with Gasteiger partial charge in [-0.25, -0.2) is 0 Å². The zero-order chi connectivity index (χ0) is 13.1. The van der Waals surface area contributed by atoms with E-state index in [1.54, 1.807) is 0 Å². The van der Waals surface area contributed by atoms with Gasteiger partial charge in [0.25, 0.3) is 0 Å². The molecule has 0 spiro atoms. The molecule has 1 N–H and O–H groups in total. The van der Waals surface area contributed by atoms with Gasteiger partial charge in [-0.3, -0.25) is 0 Å². The molecule has 0 aliphatic rings. The zero-order valence-electron chi connectivity index (χ0n) is 11.9. The van der Waals surface area contributed by atoms with Crippen molar-refractivity contribution >= 4 is 6.21 Å². The van der Waals surface area contributed by atoms with Crippen molar-refractivity contribution in [2.75, 3.05) is 0 Å². The second kappa shape index (κ2) is 10.3. The molecule has 17 heavy (non-hydrogen) atoms. The van der Waals surface area contributed by atoms with Gasteiger partial charge in [-0.1, -0.05) is 57.3 Å². The molecule has 0 rings (SSSR count). The third kappa shape index (κ3) is 7.95. The van der Waals surface area contributed by atoms with E-state index in [0.29, 0.717) is 5.92 Å². The summed E-state index contributed by atoms with van der Waals surface area (Å²) in [7, 11) is 0. The van der Waals surface area contributed by atoms with E-state index < -0.39 is 0 Å². The molecule has 0 aliphatic heterocycles. The Kier molecular flexibility index (Phi) is 9.80. The predicted octanol–water partition coefficient (Wildman–Crippen LogP) is 5.53. The molecule has 0 radical (unpaired) electrons. The van der Waals surface area contributed by atoms with Gasteiger partial charge in [0.1, 0.15) is 0 Å². The molecule has 98 valence electrons. The Morgan fingerprint density at radius 3 is 2.35 bits per heavy atom. The average Bonchev–Trinajstić information content (AvgIpc) is 2.32. The molecular formula is C16H29N. The van der Waals surface area contributed by atoms with Crippen molar-refractivity contribution in [1.82, 2.24) is 0 Å². The van der Waals surface area contributed by atoms with Gasteiger partial charge in [-0.15, -0.1) is 0 Å². The summed E-state index contributed by atoms with van der Waals surface area (Å²) in [6, 6.07) is 0. The first-order valence-corrected chi connectivity index (χ1v) is 6.96. The maximum Gasteiger partial charge on any atom is 0.0206 e. The van der Waals surface area contributed by atoms with Crippen molar-refractivity contribution in [3.05, 3.63) is 23.8 Å². The summed E-state index contributed by atoms with van der Waals surface area (Å²) in [6.07, 6.45) is 12.4. The Labute approximate surface area is 108 Å². The maximum atomic E-state index is 7.34. The fraction of sp³-hybridized carbons (Fsp3) is 0.688. The van der Waals surface area contributed by atoms with E-state index in [0.717, 1.165) is 12.0 Å². The van der Waals surface area contributed by atoms with Crippen molar-refractivity contribution in [2.45, 2.75) is 65.7 Å². The fourth-order valence-electron chi connectivity index (χ4n) is 2.06. The quantitative estimate of drug-likeness (QED) is 0.293. The molecule has 0 amide bonds. The van der Waals surface area contributed by atoms with Gasteiger partial charge in [0, 0.05) is 6.21 Å². The van der Waals surface area contributed by atoms with Crippen LogP contribution in [0.1, 0.15) is 65.7 Å². The SMILES string of the molecule is C=C(C)C(CCCCCCC)C/C(C=N)=C/C. The summed E-state index contributed by atoms with van der Waals surface area (Å²) in [5.41, 5.74) is 2.40. The molecule has 0 aliphatic carbocycles. The molecule has 0 heterocycles. The number of unbranched alkanes of at least 4 members (excludes halogenated alkanes) is 4. The van der Waals surface area contributed by atoms with Gasteiger partial charge >= 0.3 is 0 Å². The maximum absolute atomic E-state index is 7.34. The molecule has 0 aromatic carbocycles. The molecule has 1 unspecified atom stereocenters. The summed E-state index contributed by atoms with van der Waals surface area (Å²) < 4.78 is 0. The van der Waals surface area contributed by atoms with Gasteiger partial charge in [0.05, 0.1) is 0 Å².